The molecule has 430 valence electrons. The van der Waals surface area contributed by atoms with Gasteiger partial charge in [-0.05, 0) is 137 Å². The molecule has 5 atom stereocenters. The molecule has 8 nitrogen and oxygen atoms in total. The summed E-state index contributed by atoms with van der Waals surface area (Å²) < 4.78 is 0. The molecule has 0 heterocycles. The largest absolute Gasteiger partial charge is 0.411 e. The number of oxime groups is 1. The van der Waals surface area contributed by atoms with Crippen molar-refractivity contribution >= 4 is 122 Å². The minimum atomic E-state index is -0.339. The number of fused-ring (bicyclic) bond motifs is 4. The number of ketones is 1. The number of carbonyl (C=O) groups excluding carboxylic acids is 3. The summed E-state index contributed by atoms with van der Waals surface area (Å²) in [5, 5.41) is 20.0. The van der Waals surface area contributed by atoms with Crippen LogP contribution in [0.15, 0.2) is 181 Å². The number of nitrogens with one attached hydrogen (secondary N) is 2. The predicted octanol–water partition coefficient (Wildman–Crippen LogP) is 20.2. The Morgan fingerprint density at radius 1 is 0.464 bits per heavy atom. The van der Waals surface area contributed by atoms with Crippen LogP contribution in [0.1, 0.15) is 160 Å². The first kappa shape index (κ1) is 62.4. The van der Waals surface area contributed by atoms with Crippen LogP contribution >= 0.6 is 92.8 Å². The SMILES string of the molecule is CC(=O)NC1=CC[C@@H](c2ccc(Cl)c(Cl)c2)c2ccccc21.CC(=O)ONC1CC[C@@H](c2ccc(Cl)c(Cl)c2)c2ccccc21.O/N=C1/CC[C@@H](c2ccc(Cl)c(Cl)c2)c2ccccc21.O=C1CC[C@@H](c2ccc(Cl)c(Cl)c2)c2ccccc21. The van der Waals surface area contributed by atoms with E-state index in [1.165, 1.54) is 30.5 Å². The molecule has 0 spiro atoms. The fraction of sp³-hybridized carbons (Fsp3) is 0.206. The first-order chi connectivity index (χ1) is 40.5. The van der Waals surface area contributed by atoms with E-state index in [-0.39, 0.29) is 47.4 Å². The molecule has 4 aliphatic rings. The van der Waals surface area contributed by atoms with Gasteiger partial charge in [0.05, 0.1) is 51.9 Å². The Labute approximate surface area is 529 Å². The van der Waals surface area contributed by atoms with Gasteiger partial charge in [0.25, 0.3) is 0 Å². The zero-order valence-electron chi connectivity index (χ0n) is 45.6. The van der Waals surface area contributed by atoms with E-state index >= 15 is 0 Å². The van der Waals surface area contributed by atoms with Gasteiger partial charge in [0, 0.05) is 66.3 Å². The number of carbonyl (C=O) groups is 3. The van der Waals surface area contributed by atoms with Crippen LogP contribution in [0.4, 0.5) is 0 Å². The second-order valence-corrected chi connectivity index (χ2v) is 24.0. The number of allylic oxidation sites excluding steroid dienone is 1. The summed E-state index contributed by atoms with van der Waals surface area (Å²) in [7, 11) is 0. The summed E-state index contributed by atoms with van der Waals surface area (Å²) in [5.41, 5.74) is 17.8. The smallest absolute Gasteiger partial charge is 0.321 e. The molecule has 16 heteroatoms. The molecule has 0 fully saturated rings. The third-order valence-corrected chi connectivity index (χ3v) is 18.4. The minimum Gasteiger partial charge on any atom is -0.411 e. The number of nitrogens with zero attached hydrogens (tertiary/aromatic N) is 1. The summed E-state index contributed by atoms with van der Waals surface area (Å²) in [6.45, 7) is 2.91. The first-order valence-electron chi connectivity index (χ1n) is 27.3. The number of hydrogen-bond donors (Lipinski definition) is 3. The number of Topliss-reactive ketones (excluding diaryl/α,β-unsaturated/α-hetero) is 1. The van der Waals surface area contributed by atoms with Gasteiger partial charge in [-0.3, -0.25) is 14.4 Å². The number of halogens is 8. The van der Waals surface area contributed by atoms with Gasteiger partial charge in [0.2, 0.25) is 5.91 Å². The average Bonchev–Trinajstić information content (AvgIpc) is 3.67. The van der Waals surface area contributed by atoms with E-state index in [0.717, 1.165) is 100 Å². The van der Waals surface area contributed by atoms with Crippen molar-refractivity contribution in [1.82, 2.24) is 10.8 Å². The first-order valence-corrected chi connectivity index (χ1v) is 30.3. The summed E-state index contributed by atoms with van der Waals surface area (Å²) in [5.74, 6) is 0.782. The lowest BCUT2D eigenvalue weighted by molar-refractivity contribution is -0.150. The lowest BCUT2D eigenvalue weighted by Crippen LogP contribution is -2.28. The van der Waals surface area contributed by atoms with Crippen LogP contribution in [0.3, 0.4) is 0 Å². The van der Waals surface area contributed by atoms with Gasteiger partial charge >= 0.3 is 5.97 Å². The van der Waals surface area contributed by atoms with Crippen molar-refractivity contribution in [2.45, 2.75) is 88.5 Å². The predicted molar refractivity (Wildman–Crippen MR) is 343 cm³/mol. The van der Waals surface area contributed by atoms with E-state index in [0.29, 0.717) is 46.6 Å². The van der Waals surface area contributed by atoms with Crippen LogP contribution < -0.4 is 10.8 Å². The highest BCUT2D eigenvalue weighted by Crippen LogP contribution is 2.44. The van der Waals surface area contributed by atoms with E-state index < -0.39 is 0 Å². The van der Waals surface area contributed by atoms with Crippen molar-refractivity contribution in [3.63, 3.8) is 0 Å². The maximum atomic E-state index is 11.9. The Kier molecular flexibility index (Phi) is 21.4. The maximum Gasteiger partial charge on any atom is 0.321 e. The summed E-state index contributed by atoms with van der Waals surface area (Å²) >= 11 is 48.5. The van der Waals surface area contributed by atoms with Crippen molar-refractivity contribution in [2.75, 3.05) is 0 Å². The molecule has 0 bridgehead atoms. The average molecular weight is 1280 g/mol. The molecule has 0 aliphatic heterocycles. The van der Waals surface area contributed by atoms with E-state index in [2.05, 4.69) is 46.3 Å². The second kappa shape index (κ2) is 28.8. The fourth-order valence-corrected chi connectivity index (χ4v) is 12.7. The fourth-order valence-electron chi connectivity index (χ4n) is 11.5. The molecular weight excluding hydrogens is 1220 g/mol. The van der Waals surface area contributed by atoms with Crippen LogP contribution in [-0.4, -0.2) is 28.6 Å². The van der Waals surface area contributed by atoms with Gasteiger partial charge in [-0.2, -0.15) is 0 Å². The number of rotatable bonds is 7. The molecule has 3 N–H and O–H groups in total. The summed E-state index contributed by atoms with van der Waals surface area (Å²) in [6.07, 6.45) is 7.74. The highest BCUT2D eigenvalue weighted by Gasteiger charge is 2.31. The van der Waals surface area contributed by atoms with Crippen molar-refractivity contribution in [3.05, 3.63) is 283 Å². The molecule has 8 aromatic rings. The standard InChI is InChI=1S/C18H17Cl2NO2.C18H15Cl2NO.C16H13Cl2NO.C16H12Cl2O/c1-11(22)23-21-18-9-7-13(14-4-2-3-5-15(14)18)12-6-8-16(19)17(20)10-12;1-11(22)21-18-9-7-13(14-4-2-3-5-15(14)18)12-6-8-16(19)17(20)10-12;17-14-7-5-10(9-15(14)18)11-6-8-16(19-20)13-4-2-1-3-12(11)13;17-14-7-5-10(9-15(14)18)11-6-8-16(19)13-4-2-1-3-12(11)13/h2-6,8,10,13,18,21H,7,9H2,1H3;2-6,8-10,13H,7H2,1H3,(H,21,22);1-5,7,9,11,20H,6,8H2;1-5,7,9,11H,6,8H2/b;;19-16-;/t13-,18?;13-;2*11-/m0000/s1. The molecule has 8 aromatic carbocycles. The summed E-state index contributed by atoms with van der Waals surface area (Å²) in [4.78, 5) is 39.3. The van der Waals surface area contributed by atoms with E-state index in [9.17, 15) is 14.4 Å². The highest BCUT2D eigenvalue weighted by atomic mass is 35.5. The van der Waals surface area contributed by atoms with Crippen LogP contribution in [0.25, 0.3) is 5.70 Å². The van der Waals surface area contributed by atoms with Crippen molar-refractivity contribution in [3.8, 4) is 0 Å². The Hall–Kier alpha value is -6.14. The van der Waals surface area contributed by atoms with Crippen LogP contribution in [0, 0.1) is 0 Å². The normalized spacial score (nSPS) is 18.7. The lowest BCUT2D eigenvalue weighted by Gasteiger charge is -2.32. The van der Waals surface area contributed by atoms with E-state index in [1.54, 1.807) is 0 Å². The molecule has 0 saturated heterocycles. The number of amides is 1. The monoisotopic (exact) mass is 1280 g/mol. The van der Waals surface area contributed by atoms with Crippen molar-refractivity contribution in [2.24, 2.45) is 5.16 Å². The zero-order chi connectivity index (χ0) is 59.6. The topological polar surface area (TPSA) is 117 Å². The van der Waals surface area contributed by atoms with Gasteiger partial charge in [0.15, 0.2) is 5.78 Å². The summed E-state index contributed by atoms with van der Waals surface area (Å²) in [6, 6.07) is 55.2. The van der Waals surface area contributed by atoms with Crippen LogP contribution in [-0.2, 0) is 14.4 Å². The molecule has 1 unspecified atom stereocenters. The zero-order valence-corrected chi connectivity index (χ0v) is 51.7. The van der Waals surface area contributed by atoms with Crippen LogP contribution in [0.2, 0.25) is 40.2 Å². The minimum absolute atomic E-state index is 0.00845. The van der Waals surface area contributed by atoms with Gasteiger partial charge in [-0.25, -0.2) is 0 Å². The molecule has 4 aliphatic carbocycles. The second-order valence-electron chi connectivity index (χ2n) is 20.7. The Morgan fingerprint density at radius 2 is 0.869 bits per heavy atom. The van der Waals surface area contributed by atoms with Crippen molar-refractivity contribution in [1.29, 1.82) is 0 Å². The van der Waals surface area contributed by atoms with Gasteiger partial charge in [0.1, 0.15) is 0 Å². The molecule has 1 amide bonds. The van der Waals surface area contributed by atoms with E-state index in [1.807, 2.05) is 146 Å². The third-order valence-electron chi connectivity index (χ3n) is 15.4. The molecule has 12 rings (SSSR count). The van der Waals surface area contributed by atoms with Crippen molar-refractivity contribution < 1.29 is 24.4 Å². The van der Waals surface area contributed by atoms with Gasteiger partial charge < -0.3 is 15.4 Å². The molecule has 0 saturated carbocycles. The Bertz CT molecular complexity index is 3810. The number of benzene rings is 8. The highest BCUT2D eigenvalue weighted by molar-refractivity contribution is 6.43. The quantitative estimate of drug-likeness (QED) is 0.108. The molecular formula is C68H57Cl8N3O5. The van der Waals surface area contributed by atoms with Gasteiger partial charge in [-0.15, -0.1) is 5.48 Å². The van der Waals surface area contributed by atoms with E-state index in [4.69, 9.17) is 103 Å². The van der Waals surface area contributed by atoms with Gasteiger partial charge in [-0.1, -0.05) is 225 Å². The number of hydroxylamine groups is 1. The molecule has 84 heavy (non-hydrogen) atoms. The Balaban J connectivity index is 0.000000135. The maximum absolute atomic E-state index is 11.9. The van der Waals surface area contributed by atoms with Crippen LogP contribution in [0.5, 0.6) is 0 Å². The molecule has 0 aromatic heterocycles. The third kappa shape index (κ3) is 14.9. The number of hydrogen-bond acceptors (Lipinski definition) is 7. The lowest BCUT2D eigenvalue weighted by atomic mass is 9.77. The molecule has 0 radical (unpaired) electrons. The Morgan fingerprint density at radius 3 is 1.35 bits per heavy atom.